The first-order valence-electron chi connectivity index (χ1n) is 10.6. The molecule has 24 heavy (non-hydrogen) atoms. The van der Waals surface area contributed by atoms with Gasteiger partial charge in [0.25, 0.3) is 0 Å². The van der Waals surface area contributed by atoms with E-state index in [0.717, 1.165) is 18.8 Å². The first-order chi connectivity index (χ1) is 11.4. The lowest BCUT2D eigenvalue weighted by Gasteiger charge is -2.31. The third kappa shape index (κ3) is 15.0. The van der Waals surface area contributed by atoms with Gasteiger partial charge in [-0.1, -0.05) is 98.3 Å². The highest BCUT2D eigenvalue weighted by molar-refractivity contribution is 5.66. The zero-order chi connectivity index (χ0) is 18.3. The molecule has 0 saturated carbocycles. The van der Waals surface area contributed by atoms with E-state index in [1.165, 1.54) is 77.0 Å². The van der Waals surface area contributed by atoms with Gasteiger partial charge in [0.05, 0.1) is 0 Å². The average Bonchev–Trinajstić information content (AvgIpc) is 2.49. The maximum Gasteiger partial charge on any atom is 0.303 e. The van der Waals surface area contributed by atoms with Gasteiger partial charge in [0.15, 0.2) is 0 Å². The summed E-state index contributed by atoms with van der Waals surface area (Å²) in [5.74, 6) is 0.202. The topological polar surface area (TPSA) is 37.3 Å². The zero-order valence-corrected chi connectivity index (χ0v) is 17.0. The molecule has 0 saturated heterocycles. The first-order valence-corrected chi connectivity index (χ1v) is 10.6. The summed E-state index contributed by atoms with van der Waals surface area (Å²) in [7, 11) is 0. The summed E-state index contributed by atoms with van der Waals surface area (Å²) in [5, 5.41) is 8.62. The molecule has 2 nitrogen and oxygen atoms in total. The van der Waals surface area contributed by atoms with Crippen LogP contribution in [-0.2, 0) is 4.79 Å². The summed E-state index contributed by atoms with van der Waals surface area (Å²) >= 11 is 0. The number of carboxylic acid groups (broad SMARTS) is 1. The second kappa shape index (κ2) is 14.8. The van der Waals surface area contributed by atoms with E-state index in [2.05, 4.69) is 27.7 Å². The highest BCUT2D eigenvalue weighted by Gasteiger charge is 2.23. The summed E-state index contributed by atoms with van der Waals surface area (Å²) < 4.78 is 0. The molecular formula is C22H44O2. The van der Waals surface area contributed by atoms with Crippen LogP contribution < -0.4 is 0 Å². The number of carbonyl (C=O) groups is 1. The van der Waals surface area contributed by atoms with Gasteiger partial charge in [0.1, 0.15) is 0 Å². The van der Waals surface area contributed by atoms with Gasteiger partial charge in [-0.3, -0.25) is 4.79 Å². The highest BCUT2D eigenvalue weighted by atomic mass is 16.4. The van der Waals surface area contributed by atoms with Crippen LogP contribution >= 0.6 is 0 Å². The SMILES string of the molecule is CCCCCCCCC(CCCCCCCCC(=O)O)C(C)(C)C. The molecule has 0 aliphatic heterocycles. The predicted octanol–water partition coefficient (Wildman–Crippen LogP) is 7.60. The second-order valence-electron chi connectivity index (χ2n) is 8.67. The van der Waals surface area contributed by atoms with Crippen molar-refractivity contribution < 1.29 is 9.90 Å². The molecule has 1 unspecified atom stereocenters. The molecule has 144 valence electrons. The fourth-order valence-electron chi connectivity index (χ4n) is 3.56. The molecule has 0 amide bonds. The third-order valence-electron chi connectivity index (χ3n) is 5.32. The minimum atomic E-state index is -0.655. The lowest BCUT2D eigenvalue weighted by Crippen LogP contribution is -2.20. The van der Waals surface area contributed by atoms with Gasteiger partial charge in [-0.25, -0.2) is 0 Å². The number of hydrogen-bond acceptors (Lipinski definition) is 1. The van der Waals surface area contributed by atoms with Gasteiger partial charge in [-0.2, -0.15) is 0 Å². The third-order valence-corrected chi connectivity index (χ3v) is 5.32. The van der Waals surface area contributed by atoms with E-state index in [-0.39, 0.29) is 0 Å². The van der Waals surface area contributed by atoms with Crippen molar-refractivity contribution in [1.29, 1.82) is 0 Å². The number of hydrogen-bond donors (Lipinski definition) is 1. The normalized spacial score (nSPS) is 13.2. The van der Waals surface area contributed by atoms with Crippen LogP contribution in [0, 0.1) is 11.3 Å². The van der Waals surface area contributed by atoms with Crippen LogP contribution in [-0.4, -0.2) is 11.1 Å². The maximum absolute atomic E-state index is 10.5. The Labute approximate surface area is 151 Å². The van der Waals surface area contributed by atoms with Crippen molar-refractivity contribution in [3.05, 3.63) is 0 Å². The minimum absolute atomic E-state index is 0.338. The summed E-state index contributed by atoms with van der Waals surface area (Å²) in [6.07, 6.45) is 18.5. The van der Waals surface area contributed by atoms with Crippen LogP contribution in [0.1, 0.15) is 124 Å². The van der Waals surface area contributed by atoms with E-state index >= 15 is 0 Å². The van der Waals surface area contributed by atoms with Crippen LogP contribution in [0.5, 0.6) is 0 Å². The molecule has 0 aromatic heterocycles. The van der Waals surface area contributed by atoms with Gasteiger partial charge < -0.3 is 5.11 Å². The molecule has 2 heteroatoms. The van der Waals surface area contributed by atoms with Crippen LogP contribution in [0.2, 0.25) is 0 Å². The van der Waals surface area contributed by atoms with Gasteiger partial charge >= 0.3 is 5.97 Å². The van der Waals surface area contributed by atoms with Crippen molar-refractivity contribution in [1.82, 2.24) is 0 Å². The standard InChI is InChI=1S/C22H44O2/c1-5-6-7-8-11-14-17-20(22(2,3)4)18-15-12-9-10-13-16-19-21(23)24/h20H,5-19H2,1-4H3,(H,23,24). The van der Waals surface area contributed by atoms with Crippen molar-refractivity contribution in [3.63, 3.8) is 0 Å². The Balaban J connectivity index is 3.71. The van der Waals surface area contributed by atoms with Gasteiger partial charge in [0, 0.05) is 6.42 Å². The lowest BCUT2D eigenvalue weighted by molar-refractivity contribution is -0.137. The van der Waals surface area contributed by atoms with Crippen LogP contribution in [0.25, 0.3) is 0 Å². The molecule has 0 aliphatic rings. The van der Waals surface area contributed by atoms with Crippen LogP contribution in [0.15, 0.2) is 0 Å². The summed E-state index contributed by atoms with van der Waals surface area (Å²) in [6, 6.07) is 0. The number of unbranched alkanes of at least 4 members (excludes halogenated alkanes) is 10. The maximum atomic E-state index is 10.5. The average molecular weight is 341 g/mol. The van der Waals surface area contributed by atoms with E-state index in [0.29, 0.717) is 11.8 Å². The van der Waals surface area contributed by atoms with E-state index in [9.17, 15) is 4.79 Å². The Morgan fingerprint density at radius 1 is 0.750 bits per heavy atom. The zero-order valence-electron chi connectivity index (χ0n) is 17.0. The fourth-order valence-corrected chi connectivity index (χ4v) is 3.56. The Morgan fingerprint density at radius 3 is 1.58 bits per heavy atom. The van der Waals surface area contributed by atoms with Gasteiger partial charge in [-0.15, -0.1) is 0 Å². The molecule has 0 bridgehead atoms. The van der Waals surface area contributed by atoms with Gasteiger partial charge in [0.2, 0.25) is 0 Å². The summed E-state index contributed by atoms with van der Waals surface area (Å²) in [5.41, 5.74) is 0.435. The molecule has 0 aromatic carbocycles. The Bertz CT molecular complexity index is 291. The van der Waals surface area contributed by atoms with Crippen molar-refractivity contribution in [2.24, 2.45) is 11.3 Å². The Hall–Kier alpha value is -0.530. The highest BCUT2D eigenvalue weighted by Crippen LogP contribution is 2.34. The largest absolute Gasteiger partial charge is 0.481 e. The van der Waals surface area contributed by atoms with E-state index < -0.39 is 5.97 Å². The monoisotopic (exact) mass is 340 g/mol. The molecule has 0 aliphatic carbocycles. The van der Waals surface area contributed by atoms with Crippen LogP contribution in [0.3, 0.4) is 0 Å². The summed E-state index contributed by atoms with van der Waals surface area (Å²) in [4.78, 5) is 10.5. The predicted molar refractivity (Wildman–Crippen MR) is 106 cm³/mol. The quantitative estimate of drug-likeness (QED) is 0.294. The van der Waals surface area contributed by atoms with E-state index in [4.69, 9.17) is 5.11 Å². The van der Waals surface area contributed by atoms with Crippen molar-refractivity contribution in [2.75, 3.05) is 0 Å². The number of rotatable bonds is 16. The fraction of sp³-hybridized carbons (Fsp3) is 0.955. The number of carboxylic acids is 1. The Morgan fingerprint density at radius 2 is 1.17 bits per heavy atom. The molecule has 1 N–H and O–H groups in total. The molecule has 0 spiro atoms. The smallest absolute Gasteiger partial charge is 0.303 e. The molecular weight excluding hydrogens is 296 g/mol. The van der Waals surface area contributed by atoms with Crippen molar-refractivity contribution in [2.45, 2.75) is 124 Å². The molecule has 1 atom stereocenters. The Kier molecular flexibility index (Phi) is 14.5. The lowest BCUT2D eigenvalue weighted by atomic mass is 9.75. The first kappa shape index (κ1) is 23.5. The minimum Gasteiger partial charge on any atom is -0.481 e. The van der Waals surface area contributed by atoms with Crippen LogP contribution in [0.4, 0.5) is 0 Å². The number of aliphatic carboxylic acids is 1. The van der Waals surface area contributed by atoms with E-state index in [1.807, 2.05) is 0 Å². The molecule has 0 aromatic rings. The summed E-state index contributed by atoms with van der Waals surface area (Å²) in [6.45, 7) is 9.49. The molecule has 0 radical (unpaired) electrons. The molecule has 0 fully saturated rings. The van der Waals surface area contributed by atoms with Crippen molar-refractivity contribution in [3.8, 4) is 0 Å². The molecule has 0 rings (SSSR count). The second-order valence-corrected chi connectivity index (χ2v) is 8.67. The molecule has 0 heterocycles. The van der Waals surface area contributed by atoms with E-state index in [1.54, 1.807) is 0 Å². The van der Waals surface area contributed by atoms with Crippen molar-refractivity contribution >= 4 is 5.97 Å². The van der Waals surface area contributed by atoms with Gasteiger partial charge in [-0.05, 0) is 30.6 Å².